The Morgan fingerprint density at radius 3 is 3.14 bits per heavy atom. The van der Waals surface area contributed by atoms with E-state index in [0.717, 1.165) is 41.9 Å². The number of hydrogen-bond donors (Lipinski definition) is 2. The van der Waals surface area contributed by atoms with Crippen LogP contribution in [0.2, 0.25) is 0 Å². The molecule has 7 heteroatoms. The second-order valence-corrected chi connectivity index (χ2v) is 6.00. The van der Waals surface area contributed by atoms with Gasteiger partial charge in [-0.05, 0) is 26.3 Å². The lowest BCUT2D eigenvalue weighted by Crippen LogP contribution is -2.27. The number of aromatic nitrogens is 3. The maximum absolute atomic E-state index is 9.18. The van der Waals surface area contributed by atoms with Crippen molar-refractivity contribution in [2.24, 2.45) is 0 Å². The number of aryl methyl sites for hydroxylation is 1. The summed E-state index contributed by atoms with van der Waals surface area (Å²) in [7, 11) is 0. The molecule has 3 rings (SSSR count). The number of rotatable bonds is 5. The van der Waals surface area contributed by atoms with E-state index in [4.69, 9.17) is 0 Å². The predicted molar refractivity (Wildman–Crippen MR) is 82.8 cm³/mol. The molecule has 0 unspecified atom stereocenters. The molecule has 0 saturated carbocycles. The number of β-amino-alcohol motifs (C(OH)–C–C–N with tert-alkyl or cyclic N) is 1. The summed E-state index contributed by atoms with van der Waals surface area (Å²) in [5, 5.41) is 15.2. The van der Waals surface area contributed by atoms with Crippen LogP contribution in [-0.2, 0) is 0 Å². The van der Waals surface area contributed by atoms with E-state index in [9.17, 15) is 5.11 Å². The van der Waals surface area contributed by atoms with E-state index in [1.165, 1.54) is 0 Å². The van der Waals surface area contributed by atoms with E-state index in [0.29, 0.717) is 6.54 Å². The third kappa shape index (κ3) is 3.37. The van der Waals surface area contributed by atoms with Gasteiger partial charge in [0, 0.05) is 24.2 Å². The van der Waals surface area contributed by atoms with Gasteiger partial charge < -0.3 is 10.4 Å². The fourth-order valence-corrected chi connectivity index (χ4v) is 3.31. The van der Waals surface area contributed by atoms with Crippen molar-refractivity contribution in [2.45, 2.75) is 25.8 Å². The molecule has 3 heterocycles. The maximum atomic E-state index is 9.18. The number of hydrogen-bond acceptors (Lipinski definition) is 7. The summed E-state index contributed by atoms with van der Waals surface area (Å²) in [6.07, 6.45) is 3.98. The minimum atomic E-state index is 0.185. The largest absolute Gasteiger partial charge is 0.395 e. The van der Waals surface area contributed by atoms with Crippen LogP contribution in [0.3, 0.4) is 0 Å². The van der Waals surface area contributed by atoms with Gasteiger partial charge in [-0.15, -0.1) is 11.3 Å². The maximum Gasteiger partial charge on any atom is 0.188 e. The SMILES string of the molecule is Cc1nc(Nc2nccs2)cc([C@H]2CCCN2CCO)n1. The molecule has 112 valence electrons. The van der Waals surface area contributed by atoms with Gasteiger partial charge in [0.05, 0.1) is 18.3 Å². The molecule has 1 atom stereocenters. The van der Waals surface area contributed by atoms with Crippen molar-refractivity contribution in [3.05, 3.63) is 29.2 Å². The summed E-state index contributed by atoms with van der Waals surface area (Å²) in [6.45, 7) is 3.80. The molecule has 1 fully saturated rings. The first-order valence-electron chi connectivity index (χ1n) is 7.13. The monoisotopic (exact) mass is 305 g/mol. The summed E-state index contributed by atoms with van der Waals surface area (Å²) in [6, 6.07) is 2.27. The van der Waals surface area contributed by atoms with Crippen molar-refractivity contribution in [3.8, 4) is 0 Å². The number of likely N-dealkylation sites (tertiary alicyclic amines) is 1. The molecule has 0 bridgehead atoms. The van der Waals surface area contributed by atoms with Gasteiger partial charge in [-0.1, -0.05) is 0 Å². The van der Waals surface area contributed by atoms with E-state index in [-0.39, 0.29) is 12.6 Å². The second kappa shape index (κ2) is 6.46. The van der Waals surface area contributed by atoms with Crippen LogP contribution in [0.25, 0.3) is 0 Å². The first-order chi connectivity index (χ1) is 10.3. The van der Waals surface area contributed by atoms with Gasteiger partial charge in [0.15, 0.2) is 5.13 Å². The van der Waals surface area contributed by atoms with E-state index < -0.39 is 0 Å². The molecule has 2 aromatic rings. The zero-order chi connectivity index (χ0) is 14.7. The Balaban J connectivity index is 1.83. The van der Waals surface area contributed by atoms with E-state index in [1.54, 1.807) is 17.5 Å². The normalized spacial score (nSPS) is 19.0. The average Bonchev–Trinajstić information content (AvgIpc) is 3.10. The van der Waals surface area contributed by atoms with Crippen LogP contribution in [0.5, 0.6) is 0 Å². The van der Waals surface area contributed by atoms with Gasteiger partial charge in [-0.3, -0.25) is 4.90 Å². The minimum Gasteiger partial charge on any atom is -0.395 e. The minimum absolute atomic E-state index is 0.185. The Morgan fingerprint density at radius 1 is 1.48 bits per heavy atom. The quantitative estimate of drug-likeness (QED) is 0.881. The van der Waals surface area contributed by atoms with Crippen LogP contribution in [0.4, 0.5) is 10.9 Å². The predicted octanol–water partition coefficient (Wildman–Crippen LogP) is 2.11. The highest BCUT2D eigenvalue weighted by atomic mass is 32.1. The first-order valence-corrected chi connectivity index (χ1v) is 8.01. The molecule has 21 heavy (non-hydrogen) atoms. The highest BCUT2D eigenvalue weighted by Gasteiger charge is 2.27. The summed E-state index contributed by atoms with van der Waals surface area (Å²) in [4.78, 5) is 15.5. The lowest BCUT2D eigenvalue weighted by molar-refractivity contribution is 0.183. The summed E-state index contributed by atoms with van der Waals surface area (Å²) >= 11 is 1.54. The van der Waals surface area contributed by atoms with Crippen molar-refractivity contribution < 1.29 is 5.11 Å². The van der Waals surface area contributed by atoms with E-state index in [1.807, 2.05) is 18.4 Å². The Hall–Kier alpha value is -1.57. The average molecular weight is 305 g/mol. The van der Waals surface area contributed by atoms with Gasteiger partial charge in [0.2, 0.25) is 0 Å². The summed E-state index contributed by atoms with van der Waals surface area (Å²) in [5.41, 5.74) is 1.02. The molecule has 2 N–H and O–H groups in total. The number of thiazole rings is 1. The zero-order valence-corrected chi connectivity index (χ0v) is 12.8. The lowest BCUT2D eigenvalue weighted by Gasteiger charge is -2.23. The van der Waals surface area contributed by atoms with Crippen LogP contribution in [-0.4, -0.2) is 44.7 Å². The van der Waals surface area contributed by atoms with E-state index in [2.05, 4.69) is 25.2 Å². The number of anilines is 2. The molecule has 0 spiro atoms. The smallest absolute Gasteiger partial charge is 0.188 e. The van der Waals surface area contributed by atoms with Crippen LogP contribution in [0, 0.1) is 6.92 Å². The molecule has 1 aliphatic rings. The highest BCUT2D eigenvalue weighted by molar-refractivity contribution is 7.13. The van der Waals surface area contributed by atoms with Crippen molar-refractivity contribution in [1.29, 1.82) is 0 Å². The van der Waals surface area contributed by atoms with Gasteiger partial charge in [0.1, 0.15) is 11.6 Å². The summed E-state index contributed by atoms with van der Waals surface area (Å²) < 4.78 is 0. The molecule has 6 nitrogen and oxygen atoms in total. The molecule has 0 aromatic carbocycles. The third-order valence-electron chi connectivity index (χ3n) is 3.62. The van der Waals surface area contributed by atoms with Crippen LogP contribution >= 0.6 is 11.3 Å². The Bertz CT molecular complexity index is 589. The van der Waals surface area contributed by atoms with Gasteiger partial charge in [-0.2, -0.15) is 0 Å². The number of aliphatic hydroxyl groups excluding tert-OH is 1. The molecule has 1 saturated heterocycles. The Labute approximate surface area is 127 Å². The molecule has 2 aromatic heterocycles. The van der Waals surface area contributed by atoms with Crippen molar-refractivity contribution in [1.82, 2.24) is 19.9 Å². The number of nitrogens with zero attached hydrogens (tertiary/aromatic N) is 4. The van der Waals surface area contributed by atoms with Crippen molar-refractivity contribution in [2.75, 3.05) is 25.0 Å². The third-order valence-corrected chi connectivity index (χ3v) is 4.31. The molecule has 0 aliphatic carbocycles. The van der Waals surface area contributed by atoms with Crippen molar-refractivity contribution >= 4 is 22.3 Å². The second-order valence-electron chi connectivity index (χ2n) is 5.11. The topological polar surface area (TPSA) is 74.2 Å². The lowest BCUT2D eigenvalue weighted by atomic mass is 10.1. The summed E-state index contributed by atoms with van der Waals surface area (Å²) in [5.74, 6) is 1.53. The molecular weight excluding hydrogens is 286 g/mol. The standard InChI is InChI=1S/C14H19N5OS/c1-10-16-11(12-3-2-5-19(12)6-7-20)9-13(17-10)18-14-15-4-8-21-14/h4,8-9,12,20H,2-3,5-7H2,1H3,(H,15,16,17,18)/t12-/m1/s1. The fraction of sp³-hybridized carbons (Fsp3) is 0.500. The van der Waals surface area contributed by atoms with Gasteiger partial charge >= 0.3 is 0 Å². The van der Waals surface area contributed by atoms with Crippen LogP contribution < -0.4 is 5.32 Å². The molecule has 0 radical (unpaired) electrons. The van der Waals surface area contributed by atoms with Crippen LogP contribution in [0.15, 0.2) is 17.6 Å². The van der Waals surface area contributed by atoms with Gasteiger partial charge in [-0.25, -0.2) is 15.0 Å². The molecular formula is C14H19N5OS. The highest BCUT2D eigenvalue weighted by Crippen LogP contribution is 2.31. The number of aliphatic hydroxyl groups is 1. The van der Waals surface area contributed by atoms with Crippen molar-refractivity contribution in [3.63, 3.8) is 0 Å². The van der Waals surface area contributed by atoms with Crippen LogP contribution in [0.1, 0.15) is 30.4 Å². The Morgan fingerprint density at radius 2 is 2.38 bits per heavy atom. The van der Waals surface area contributed by atoms with E-state index >= 15 is 0 Å². The number of nitrogens with one attached hydrogen (secondary N) is 1. The Kier molecular flexibility index (Phi) is 4.42. The first kappa shape index (κ1) is 14.4. The molecule has 0 amide bonds. The molecule has 1 aliphatic heterocycles. The van der Waals surface area contributed by atoms with Gasteiger partial charge in [0.25, 0.3) is 0 Å². The fourth-order valence-electron chi connectivity index (χ4n) is 2.78. The zero-order valence-electron chi connectivity index (χ0n) is 12.0.